The molecule has 96 valence electrons. The Balaban J connectivity index is 3.74. The Morgan fingerprint density at radius 3 is 2.19 bits per heavy atom. The summed E-state index contributed by atoms with van der Waals surface area (Å²) in [5.74, 6) is -0.238. The number of nitrogens with zero attached hydrogens (tertiary/aromatic N) is 1. The minimum absolute atomic E-state index is 0.203. The number of hydrogen-bond donors (Lipinski definition) is 3. The molecule has 0 aliphatic rings. The quantitative estimate of drug-likeness (QED) is 0.215. The van der Waals surface area contributed by atoms with Crippen molar-refractivity contribution < 1.29 is 29.3 Å². The Hall–Kier alpha value is -0.690. The third kappa shape index (κ3) is 5.41. The highest BCUT2D eigenvalue weighted by Crippen LogP contribution is 2.04. The number of hydrogen-bond acceptors (Lipinski definition) is 5. The number of rotatable bonds is 9. The molecule has 0 spiro atoms. The van der Waals surface area contributed by atoms with Crippen LogP contribution in [0.3, 0.4) is 0 Å². The molecule has 0 radical (unpaired) electrons. The molecule has 6 heteroatoms. The Morgan fingerprint density at radius 1 is 1.19 bits per heavy atom. The van der Waals surface area contributed by atoms with E-state index in [1.54, 1.807) is 0 Å². The van der Waals surface area contributed by atoms with E-state index in [4.69, 9.17) is 20.1 Å². The van der Waals surface area contributed by atoms with Crippen molar-refractivity contribution in [2.24, 2.45) is 0 Å². The fourth-order valence-corrected chi connectivity index (χ4v) is 1.21. The second-order valence-corrected chi connectivity index (χ2v) is 3.81. The van der Waals surface area contributed by atoms with E-state index in [9.17, 15) is 4.79 Å². The lowest BCUT2D eigenvalue weighted by Gasteiger charge is -2.31. The van der Waals surface area contributed by atoms with Crippen LogP contribution in [0, 0.1) is 0 Å². The average Bonchev–Trinajstić information content (AvgIpc) is 2.31. The van der Waals surface area contributed by atoms with Gasteiger partial charge in [-0.1, -0.05) is 6.92 Å². The molecular formula is C10H22NO5+. The van der Waals surface area contributed by atoms with Crippen LogP contribution in [0.2, 0.25) is 0 Å². The highest BCUT2D eigenvalue weighted by Gasteiger charge is 2.23. The van der Waals surface area contributed by atoms with E-state index in [2.05, 4.69) is 0 Å². The van der Waals surface area contributed by atoms with E-state index in [-0.39, 0.29) is 37.3 Å². The lowest BCUT2D eigenvalue weighted by molar-refractivity contribution is -0.976. The molecule has 0 unspecified atom stereocenters. The second-order valence-electron chi connectivity index (χ2n) is 3.81. The zero-order valence-electron chi connectivity index (χ0n) is 9.76. The summed E-state index contributed by atoms with van der Waals surface area (Å²) in [7, 11) is 0. The summed E-state index contributed by atoms with van der Waals surface area (Å²) < 4.78 is 4.71. The van der Waals surface area contributed by atoms with Gasteiger partial charge in [-0.25, -0.2) is 0 Å². The molecule has 6 nitrogen and oxygen atoms in total. The molecule has 0 heterocycles. The first-order chi connectivity index (χ1) is 7.64. The third-order valence-electron chi connectivity index (χ3n) is 2.39. The number of carbonyl (C=O) groups is 1. The van der Waals surface area contributed by atoms with Crippen molar-refractivity contribution in [1.82, 2.24) is 0 Å². The molecule has 0 amide bonds. The van der Waals surface area contributed by atoms with Gasteiger partial charge in [0.1, 0.15) is 0 Å². The second kappa shape index (κ2) is 8.46. The van der Waals surface area contributed by atoms with Crippen LogP contribution in [-0.2, 0) is 9.53 Å². The van der Waals surface area contributed by atoms with Crippen LogP contribution in [-0.4, -0.2) is 59.1 Å². The van der Waals surface area contributed by atoms with Crippen molar-refractivity contribution in [2.75, 3.05) is 33.3 Å². The topological polar surface area (TPSA) is 87.0 Å². The summed E-state index contributed by atoms with van der Waals surface area (Å²) in [6.45, 7) is 1.50. The van der Waals surface area contributed by atoms with Gasteiger partial charge in [-0.05, 0) is 6.42 Å². The maximum absolute atomic E-state index is 11.0. The number of aliphatic hydroxyl groups is 3. The first kappa shape index (κ1) is 15.3. The highest BCUT2D eigenvalue weighted by molar-refractivity contribution is 5.69. The maximum Gasteiger partial charge on any atom is 0.305 e. The van der Waals surface area contributed by atoms with Gasteiger partial charge in [-0.15, -0.1) is 0 Å². The van der Waals surface area contributed by atoms with E-state index >= 15 is 0 Å². The van der Waals surface area contributed by atoms with Gasteiger partial charge in [0.15, 0.2) is 20.2 Å². The smallest absolute Gasteiger partial charge is 0.305 e. The number of carbonyl (C=O) groups excluding carboxylic acids is 1. The molecule has 0 atom stereocenters. The molecule has 16 heavy (non-hydrogen) atoms. The van der Waals surface area contributed by atoms with Gasteiger partial charge in [0.05, 0.1) is 13.2 Å². The van der Waals surface area contributed by atoms with Crippen molar-refractivity contribution in [2.45, 2.75) is 26.2 Å². The van der Waals surface area contributed by atoms with Gasteiger partial charge in [0.25, 0.3) is 0 Å². The van der Waals surface area contributed by atoms with Gasteiger partial charge in [-0.2, -0.15) is 0 Å². The normalized spacial score (nSPS) is 11.5. The van der Waals surface area contributed by atoms with Crippen molar-refractivity contribution in [3.05, 3.63) is 0 Å². The molecule has 0 rings (SSSR count). The third-order valence-corrected chi connectivity index (χ3v) is 2.39. The molecule has 0 saturated heterocycles. The summed E-state index contributed by atoms with van der Waals surface area (Å²) in [4.78, 5) is 11.0. The summed E-state index contributed by atoms with van der Waals surface area (Å²) in [6.07, 6.45) is 1.65. The van der Waals surface area contributed by atoms with Gasteiger partial charge >= 0.3 is 5.97 Å². The zero-order chi connectivity index (χ0) is 12.4. The lowest BCUT2D eigenvalue weighted by Crippen LogP contribution is -2.51. The standard InChI is InChI=1S/C10H22NO5/c1-2-4-10(15)16-6-3-5-11(7-12,8-13)9-14/h12-14H,2-9H2,1H3/q+1. The van der Waals surface area contributed by atoms with E-state index in [0.29, 0.717) is 19.4 Å². The molecule has 0 fully saturated rings. The number of ether oxygens (including phenoxy) is 1. The zero-order valence-corrected chi connectivity index (χ0v) is 9.76. The highest BCUT2D eigenvalue weighted by atomic mass is 16.5. The van der Waals surface area contributed by atoms with E-state index < -0.39 is 0 Å². The Bertz CT molecular complexity index is 185. The fourth-order valence-electron chi connectivity index (χ4n) is 1.21. The number of aliphatic hydroxyl groups excluding tert-OH is 3. The monoisotopic (exact) mass is 236 g/mol. The predicted octanol–water partition coefficient (Wildman–Crippen LogP) is -0.614. The van der Waals surface area contributed by atoms with E-state index in [1.807, 2.05) is 6.92 Å². The Labute approximate surface area is 95.7 Å². The van der Waals surface area contributed by atoms with Crippen LogP contribution < -0.4 is 0 Å². The van der Waals surface area contributed by atoms with Gasteiger partial charge in [-0.3, -0.25) is 9.28 Å². The van der Waals surface area contributed by atoms with Gasteiger partial charge in [0.2, 0.25) is 0 Å². The van der Waals surface area contributed by atoms with Crippen LogP contribution >= 0.6 is 0 Å². The van der Waals surface area contributed by atoms with Crippen LogP contribution in [0.25, 0.3) is 0 Å². The number of quaternary nitrogens is 1. The van der Waals surface area contributed by atoms with Crippen LogP contribution in [0.1, 0.15) is 26.2 Å². The molecule has 0 saturated carbocycles. The molecule has 0 bridgehead atoms. The molecule has 0 aromatic rings. The van der Waals surface area contributed by atoms with Crippen LogP contribution in [0.5, 0.6) is 0 Å². The summed E-state index contributed by atoms with van der Waals surface area (Å²) >= 11 is 0. The summed E-state index contributed by atoms with van der Waals surface area (Å²) in [6, 6.07) is 0. The summed E-state index contributed by atoms with van der Waals surface area (Å²) in [5, 5.41) is 27.0. The van der Waals surface area contributed by atoms with Crippen molar-refractivity contribution in [1.29, 1.82) is 0 Å². The average molecular weight is 236 g/mol. The van der Waals surface area contributed by atoms with Crippen LogP contribution in [0.15, 0.2) is 0 Å². The molecule has 3 N–H and O–H groups in total. The minimum Gasteiger partial charge on any atom is -0.465 e. The largest absolute Gasteiger partial charge is 0.465 e. The Kier molecular flexibility index (Phi) is 8.10. The molecule has 0 aromatic carbocycles. The minimum atomic E-state index is -0.337. The first-order valence-corrected chi connectivity index (χ1v) is 5.47. The molecule has 0 aliphatic heterocycles. The Morgan fingerprint density at radius 2 is 1.75 bits per heavy atom. The van der Waals surface area contributed by atoms with Crippen molar-refractivity contribution in [3.63, 3.8) is 0 Å². The van der Waals surface area contributed by atoms with Gasteiger partial charge in [0, 0.05) is 12.8 Å². The lowest BCUT2D eigenvalue weighted by atomic mass is 10.3. The first-order valence-electron chi connectivity index (χ1n) is 5.47. The summed E-state index contributed by atoms with van der Waals surface area (Å²) in [5.41, 5.74) is 0. The SMILES string of the molecule is CCCC(=O)OCCC[N+](CO)(CO)CO. The predicted molar refractivity (Wildman–Crippen MR) is 56.9 cm³/mol. The molecule has 0 aliphatic carbocycles. The van der Waals surface area contributed by atoms with E-state index in [1.165, 1.54) is 0 Å². The van der Waals surface area contributed by atoms with Crippen molar-refractivity contribution >= 4 is 5.97 Å². The number of esters is 1. The maximum atomic E-state index is 11.0. The van der Waals surface area contributed by atoms with Gasteiger partial charge < -0.3 is 20.1 Å². The van der Waals surface area contributed by atoms with Crippen molar-refractivity contribution in [3.8, 4) is 0 Å². The fraction of sp³-hybridized carbons (Fsp3) is 0.900. The van der Waals surface area contributed by atoms with E-state index in [0.717, 1.165) is 6.42 Å². The molecule has 0 aromatic heterocycles. The molecular weight excluding hydrogens is 214 g/mol. The van der Waals surface area contributed by atoms with Crippen LogP contribution in [0.4, 0.5) is 0 Å².